The number of hydrogen-bond donors (Lipinski definition) is 2. The van der Waals surface area contributed by atoms with Crippen molar-refractivity contribution >= 4 is 5.78 Å². The average Bonchev–Trinajstić information content (AvgIpc) is 3.38. The SMILES string of the molecule is COCc1cn2c(-c3cnc[nH]3)c(-c3n[nH]c(C(F)(F)F)n3)nc2nc1C(F)(F)F. The Hall–Kier alpha value is -3.49. The van der Waals surface area contributed by atoms with Crippen LogP contribution in [-0.4, -0.2) is 46.6 Å². The number of nitrogens with one attached hydrogen (secondary N) is 2. The molecule has 0 spiro atoms. The van der Waals surface area contributed by atoms with Crippen LogP contribution >= 0.6 is 0 Å². The lowest BCUT2D eigenvalue weighted by atomic mass is 10.2. The van der Waals surface area contributed by atoms with E-state index in [9.17, 15) is 26.3 Å². The zero-order valence-corrected chi connectivity index (χ0v) is 14.8. The van der Waals surface area contributed by atoms with Crippen molar-refractivity contribution in [1.82, 2.24) is 39.5 Å². The first-order chi connectivity index (χ1) is 14.1. The molecule has 0 atom stereocenters. The van der Waals surface area contributed by atoms with Crippen LogP contribution < -0.4 is 0 Å². The minimum Gasteiger partial charge on any atom is -0.380 e. The predicted octanol–water partition coefficient (Wildman–Crippen LogP) is 3.09. The third-order valence-corrected chi connectivity index (χ3v) is 3.98. The van der Waals surface area contributed by atoms with Crippen molar-refractivity contribution in [1.29, 1.82) is 0 Å². The van der Waals surface area contributed by atoms with E-state index in [1.54, 1.807) is 5.10 Å². The molecule has 0 unspecified atom stereocenters. The summed E-state index contributed by atoms with van der Waals surface area (Å²) in [5.74, 6) is -2.27. The number of halogens is 6. The van der Waals surface area contributed by atoms with Gasteiger partial charge in [-0.3, -0.25) is 9.50 Å². The summed E-state index contributed by atoms with van der Waals surface area (Å²) in [6.07, 6.45) is -5.91. The van der Waals surface area contributed by atoms with Gasteiger partial charge in [0.05, 0.1) is 24.8 Å². The van der Waals surface area contributed by atoms with Gasteiger partial charge >= 0.3 is 12.4 Å². The summed E-state index contributed by atoms with van der Waals surface area (Å²) in [5, 5.41) is 5.25. The first-order valence-corrected chi connectivity index (χ1v) is 8.06. The van der Waals surface area contributed by atoms with Gasteiger partial charge in [-0.2, -0.15) is 31.4 Å². The van der Waals surface area contributed by atoms with Crippen molar-refractivity contribution in [2.24, 2.45) is 0 Å². The Morgan fingerprint density at radius 2 is 1.83 bits per heavy atom. The molecule has 2 N–H and O–H groups in total. The third-order valence-electron chi connectivity index (χ3n) is 3.98. The zero-order chi connectivity index (χ0) is 21.7. The summed E-state index contributed by atoms with van der Waals surface area (Å²) in [6, 6.07) is 0. The van der Waals surface area contributed by atoms with Gasteiger partial charge in [0, 0.05) is 18.9 Å². The number of nitrogens with zero attached hydrogens (tertiary/aromatic N) is 6. The molecule has 15 heteroatoms. The molecule has 0 aliphatic carbocycles. The number of methoxy groups -OCH3 is 1. The van der Waals surface area contributed by atoms with E-state index in [0.717, 1.165) is 6.20 Å². The monoisotopic (exact) mass is 432 g/mol. The van der Waals surface area contributed by atoms with Crippen molar-refractivity contribution in [2.75, 3.05) is 7.11 Å². The molecule has 4 aromatic heterocycles. The lowest BCUT2D eigenvalue weighted by molar-refractivity contribution is -0.144. The number of H-pyrrole nitrogens is 2. The molecule has 0 aliphatic rings. The molecule has 4 aromatic rings. The fraction of sp³-hybridized carbons (Fsp3) is 0.267. The highest BCUT2D eigenvalue weighted by Crippen LogP contribution is 2.35. The maximum Gasteiger partial charge on any atom is 0.451 e. The topological polar surface area (TPSA) is 110 Å². The van der Waals surface area contributed by atoms with Gasteiger partial charge in [-0.25, -0.2) is 19.9 Å². The number of aromatic amines is 2. The summed E-state index contributed by atoms with van der Waals surface area (Å²) in [4.78, 5) is 17.5. The van der Waals surface area contributed by atoms with Crippen LogP contribution in [0.1, 0.15) is 17.1 Å². The molecule has 158 valence electrons. The summed E-state index contributed by atoms with van der Waals surface area (Å²) in [6.45, 7) is -0.410. The maximum absolute atomic E-state index is 13.4. The molecule has 0 aliphatic heterocycles. The summed E-state index contributed by atoms with van der Waals surface area (Å²) < 4.78 is 84.9. The lowest BCUT2D eigenvalue weighted by Crippen LogP contribution is -2.14. The van der Waals surface area contributed by atoms with Crippen LogP contribution in [-0.2, 0) is 23.7 Å². The van der Waals surface area contributed by atoms with Gasteiger partial charge in [0.1, 0.15) is 11.4 Å². The van der Waals surface area contributed by atoms with E-state index in [0.29, 0.717) is 0 Å². The van der Waals surface area contributed by atoms with Gasteiger partial charge in [-0.1, -0.05) is 0 Å². The second kappa shape index (κ2) is 6.79. The Bertz CT molecular complexity index is 1190. The van der Waals surface area contributed by atoms with Crippen molar-refractivity contribution in [3.63, 3.8) is 0 Å². The van der Waals surface area contributed by atoms with Gasteiger partial charge in [0.25, 0.3) is 0 Å². The standard InChI is InChI=1S/C15H10F6N8O/c1-30-4-6-3-29-9(7-2-22-5-23-7)8(11-26-12(28-27-11)15(19,20)21)24-13(29)25-10(6)14(16,17)18/h2-3,5H,4H2,1H3,(H,22,23)(H,26,27,28). The summed E-state index contributed by atoms with van der Waals surface area (Å²) >= 11 is 0. The molecule has 0 fully saturated rings. The smallest absolute Gasteiger partial charge is 0.380 e. The van der Waals surface area contributed by atoms with Crippen LogP contribution in [0.15, 0.2) is 18.7 Å². The molecule has 0 radical (unpaired) electrons. The van der Waals surface area contributed by atoms with E-state index in [2.05, 4.69) is 30.0 Å². The molecule has 4 rings (SSSR count). The highest BCUT2D eigenvalue weighted by atomic mass is 19.4. The second-order valence-corrected chi connectivity index (χ2v) is 6.00. The molecular weight excluding hydrogens is 422 g/mol. The van der Waals surface area contributed by atoms with Crippen LogP contribution in [0.25, 0.3) is 28.7 Å². The maximum atomic E-state index is 13.4. The predicted molar refractivity (Wildman–Crippen MR) is 86.7 cm³/mol. The number of fused-ring (bicyclic) bond motifs is 1. The number of ether oxygens (including phenoxy) is 1. The Morgan fingerprint density at radius 3 is 2.40 bits per heavy atom. The van der Waals surface area contributed by atoms with Crippen LogP contribution in [0.3, 0.4) is 0 Å². The van der Waals surface area contributed by atoms with E-state index in [4.69, 9.17) is 4.74 Å². The largest absolute Gasteiger partial charge is 0.451 e. The van der Waals surface area contributed by atoms with Crippen molar-refractivity contribution in [3.05, 3.63) is 35.8 Å². The molecule has 9 nitrogen and oxygen atoms in total. The number of aromatic nitrogens is 8. The van der Waals surface area contributed by atoms with Crippen LogP contribution in [0, 0.1) is 0 Å². The fourth-order valence-electron chi connectivity index (χ4n) is 2.81. The van der Waals surface area contributed by atoms with Crippen LogP contribution in [0.2, 0.25) is 0 Å². The van der Waals surface area contributed by atoms with Gasteiger partial charge in [0.2, 0.25) is 17.4 Å². The molecule has 0 bridgehead atoms. The van der Waals surface area contributed by atoms with E-state index >= 15 is 0 Å². The molecule has 0 saturated heterocycles. The first-order valence-electron chi connectivity index (χ1n) is 8.06. The minimum atomic E-state index is -4.80. The van der Waals surface area contributed by atoms with Crippen molar-refractivity contribution < 1.29 is 31.1 Å². The first kappa shape index (κ1) is 19.8. The second-order valence-electron chi connectivity index (χ2n) is 6.00. The number of rotatable bonds is 4. The van der Waals surface area contributed by atoms with Crippen molar-refractivity contribution in [3.8, 4) is 22.9 Å². The number of alkyl halides is 6. The van der Waals surface area contributed by atoms with E-state index in [-0.39, 0.29) is 22.6 Å². The highest BCUT2D eigenvalue weighted by molar-refractivity contribution is 5.76. The minimum absolute atomic E-state index is 0.0776. The molecule has 0 aromatic carbocycles. The average molecular weight is 432 g/mol. The van der Waals surface area contributed by atoms with Gasteiger partial charge < -0.3 is 9.72 Å². The van der Waals surface area contributed by atoms with Crippen LogP contribution in [0.5, 0.6) is 0 Å². The Morgan fingerprint density at radius 1 is 1.07 bits per heavy atom. The third kappa shape index (κ3) is 3.36. The fourth-order valence-corrected chi connectivity index (χ4v) is 2.81. The Kier molecular flexibility index (Phi) is 4.48. The normalized spacial score (nSPS) is 12.8. The lowest BCUT2D eigenvalue weighted by Gasteiger charge is -2.12. The van der Waals surface area contributed by atoms with Gasteiger partial charge in [-0.15, -0.1) is 0 Å². The van der Waals surface area contributed by atoms with Crippen molar-refractivity contribution in [2.45, 2.75) is 19.0 Å². The van der Waals surface area contributed by atoms with Gasteiger partial charge in [-0.05, 0) is 0 Å². The summed E-state index contributed by atoms with van der Waals surface area (Å²) in [7, 11) is 1.21. The van der Waals surface area contributed by atoms with Crippen LogP contribution in [0.4, 0.5) is 26.3 Å². The highest BCUT2D eigenvalue weighted by Gasteiger charge is 2.38. The van der Waals surface area contributed by atoms with E-state index in [1.165, 1.54) is 24.0 Å². The molecule has 4 heterocycles. The number of hydrogen-bond acceptors (Lipinski definition) is 6. The zero-order valence-electron chi connectivity index (χ0n) is 14.8. The quantitative estimate of drug-likeness (QED) is 0.480. The molecule has 0 amide bonds. The molecule has 0 saturated carbocycles. The molecule has 30 heavy (non-hydrogen) atoms. The summed E-state index contributed by atoms with van der Waals surface area (Å²) in [5.41, 5.74) is -1.42. The van der Waals surface area contributed by atoms with E-state index in [1.807, 2.05) is 0 Å². The number of imidazole rings is 2. The van der Waals surface area contributed by atoms with Gasteiger partial charge in [0.15, 0.2) is 5.69 Å². The Labute approximate surface area is 162 Å². The van der Waals surface area contributed by atoms with E-state index < -0.39 is 42.1 Å². The Balaban J connectivity index is 2.01. The molecular formula is C15H10F6N8O.